The van der Waals surface area contributed by atoms with E-state index in [4.69, 9.17) is 4.74 Å². The normalized spacial score (nSPS) is 16.1. The summed E-state index contributed by atoms with van der Waals surface area (Å²) in [6.07, 6.45) is 4.69. The van der Waals surface area contributed by atoms with E-state index in [1.807, 2.05) is 12.2 Å². The fourth-order valence-electron chi connectivity index (χ4n) is 1.98. The van der Waals surface area contributed by atoms with Crippen LogP contribution in [0.2, 0.25) is 0 Å². The van der Waals surface area contributed by atoms with E-state index in [1.165, 1.54) is 24.3 Å². The van der Waals surface area contributed by atoms with Crippen LogP contribution in [0, 0.1) is 11.7 Å². The molecule has 1 unspecified atom stereocenters. The van der Waals surface area contributed by atoms with Crippen LogP contribution in [0.1, 0.15) is 12.8 Å². The molecular formula is C15H18FNO3. The summed E-state index contributed by atoms with van der Waals surface area (Å²) in [5.41, 5.74) is 0. The average Bonchev–Trinajstić information content (AvgIpc) is 2.98. The number of benzene rings is 1. The summed E-state index contributed by atoms with van der Waals surface area (Å²) in [5.74, 6) is 0.0863. The first kappa shape index (κ1) is 14.5. The van der Waals surface area contributed by atoms with E-state index >= 15 is 0 Å². The number of rotatable bonds is 6. The molecule has 2 N–H and O–H groups in total. The van der Waals surface area contributed by atoms with Crippen molar-refractivity contribution >= 4 is 5.91 Å². The summed E-state index contributed by atoms with van der Waals surface area (Å²) in [6.45, 7) is 0.200. The van der Waals surface area contributed by atoms with E-state index in [2.05, 4.69) is 5.32 Å². The maximum Gasteiger partial charge on any atom is 0.223 e. The number of nitrogens with one attached hydrogen (secondary N) is 1. The number of hydrogen-bond acceptors (Lipinski definition) is 3. The van der Waals surface area contributed by atoms with Gasteiger partial charge in [0.25, 0.3) is 0 Å². The van der Waals surface area contributed by atoms with Gasteiger partial charge >= 0.3 is 0 Å². The summed E-state index contributed by atoms with van der Waals surface area (Å²) in [4.78, 5) is 11.7. The Bertz CT molecular complexity index is 465. The molecule has 108 valence electrons. The number of carbonyl (C=O) groups excluding carboxylic acids is 1. The highest BCUT2D eigenvalue weighted by atomic mass is 19.1. The Morgan fingerprint density at radius 1 is 1.35 bits per heavy atom. The van der Waals surface area contributed by atoms with Gasteiger partial charge in [-0.3, -0.25) is 4.79 Å². The van der Waals surface area contributed by atoms with Crippen LogP contribution in [0.15, 0.2) is 36.4 Å². The van der Waals surface area contributed by atoms with Gasteiger partial charge < -0.3 is 15.2 Å². The molecule has 1 aliphatic rings. The predicted molar refractivity (Wildman–Crippen MR) is 72.8 cm³/mol. The smallest absolute Gasteiger partial charge is 0.223 e. The van der Waals surface area contributed by atoms with E-state index in [9.17, 15) is 14.3 Å². The number of ether oxygens (including phenoxy) is 1. The SMILES string of the molecule is O=C(NCC(O)COc1ccc(F)cc1)C1CC=CC1. The molecule has 1 atom stereocenters. The third kappa shape index (κ3) is 4.35. The number of allylic oxidation sites excluding steroid dienone is 2. The molecule has 0 fully saturated rings. The number of carbonyl (C=O) groups is 1. The van der Waals surface area contributed by atoms with Crippen molar-refractivity contribution < 1.29 is 19.0 Å². The highest BCUT2D eigenvalue weighted by molar-refractivity contribution is 5.79. The van der Waals surface area contributed by atoms with Gasteiger partial charge in [-0.1, -0.05) is 12.2 Å². The maximum atomic E-state index is 12.7. The first-order valence-corrected chi connectivity index (χ1v) is 6.64. The van der Waals surface area contributed by atoms with Crippen molar-refractivity contribution in [3.05, 3.63) is 42.2 Å². The van der Waals surface area contributed by atoms with Crippen molar-refractivity contribution in [2.24, 2.45) is 5.92 Å². The van der Waals surface area contributed by atoms with Crippen LogP contribution in [0.3, 0.4) is 0 Å². The highest BCUT2D eigenvalue weighted by Gasteiger charge is 2.19. The zero-order chi connectivity index (χ0) is 14.4. The van der Waals surface area contributed by atoms with Crippen LogP contribution in [-0.4, -0.2) is 30.3 Å². The lowest BCUT2D eigenvalue weighted by Gasteiger charge is -2.15. The van der Waals surface area contributed by atoms with Gasteiger partial charge in [-0.25, -0.2) is 4.39 Å². The molecule has 5 heteroatoms. The summed E-state index contributed by atoms with van der Waals surface area (Å²) in [6, 6.07) is 5.56. The lowest BCUT2D eigenvalue weighted by Crippen LogP contribution is -2.38. The van der Waals surface area contributed by atoms with Crippen molar-refractivity contribution in [2.75, 3.05) is 13.2 Å². The Kier molecular flexibility index (Phi) is 5.12. The Morgan fingerprint density at radius 2 is 2.00 bits per heavy atom. The minimum absolute atomic E-state index is 0.0137. The number of halogens is 1. The van der Waals surface area contributed by atoms with Crippen LogP contribution in [0.5, 0.6) is 5.75 Å². The average molecular weight is 279 g/mol. The zero-order valence-electron chi connectivity index (χ0n) is 11.1. The Morgan fingerprint density at radius 3 is 2.65 bits per heavy atom. The van der Waals surface area contributed by atoms with Crippen LogP contribution in [-0.2, 0) is 4.79 Å². The van der Waals surface area contributed by atoms with E-state index in [0.29, 0.717) is 5.75 Å². The summed E-state index contributed by atoms with van der Waals surface area (Å²) >= 11 is 0. The van der Waals surface area contributed by atoms with Gasteiger partial charge in [-0.15, -0.1) is 0 Å². The van der Waals surface area contributed by atoms with Gasteiger partial charge in [0.15, 0.2) is 0 Å². The van der Waals surface area contributed by atoms with Crippen molar-refractivity contribution in [3.8, 4) is 5.75 Å². The number of aliphatic hydroxyl groups is 1. The first-order chi connectivity index (χ1) is 9.65. The van der Waals surface area contributed by atoms with Gasteiger partial charge in [0.2, 0.25) is 5.91 Å². The molecule has 0 bridgehead atoms. The molecule has 0 spiro atoms. The molecule has 1 aliphatic carbocycles. The lowest BCUT2D eigenvalue weighted by molar-refractivity contribution is -0.125. The Labute approximate surface area is 117 Å². The van der Waals surface area contributed by atoms with E-state index in [0.717, 1.165) is 12.8 Å². The van der Waals surface area contributed by atoms with Crippen molar-refractivity contribution in [2.45, 2.75) is 18.9 Å². The topological polar surface area (TPSA) is 58.6 Å². The summed E-state index contributed by atoms with van der Waals surface area (Å²) in [5, 5.41) is 12.4. The molecular weight excluding hydrogens is 261 g/mol. The highest BCUT2D eigenvalue weighted by Crippen LogP contribution is 2.17. The molecule has 0 saturated heterocycles. The van der Waals surface area contributed by atoms with Gasteiger partial charge in [-0.2, -0.15) is 0 Å². The second-order valence-electron chi connectivity index (χ2n) is 4.80. The molecule has 0 saturated carbocycles. The molecule has 4 nitrogen and oxygen atoms in total. The number of amides is 1. The van der Waals surface area contributed by atoms with Crippen molar-refractivity contribution in [3.63, 3.8) is 0 Å². The summed E-state index contributed by atoms with van der Waals surface area (Å²) in [7, 11) is 0. The minimum atomic E-state index is -0.793. The molecule has 0 radical (unpaired) electrons. The fourth-order valence-corrected chi connectivity index (χ4v) is 1.98. The molecule has 0 heterocycles. The molecule has 0 aromatic heterocycles. The van der Waals surface area contributed by atoms with Crippen molar-refractivity contribution in [1.29, 1.82) is 0 Å². The molecule has 1 amide bonds. The van der Waals surface area contributed by atoms with Gasteiger partial charge in [0, 0.05) is 12.5 Å². The van der Waals surface area contributed by atoms with Gasteiger partial charge in [0.05, 0.1) is 0 Å². The summed E-state index contributed by atoms with van der Waals surface area (Å²) < 4.78 is 18.0. The molecule has 0 aliphatic heterocycles. The van der Waals surface area contributed by atoms with Gasteiger partial charge in [0.1, 0.15) is 24.3 Å². The Balaban J connectivity index is 1.66. The third-order valence-electron chi connectivity index (χ3n) is 3.15. The third-order valence-corrected chi connectivity index (χ3v) is 3.15. The Hall–Kier alpha value is -1.88. The second-order valence-corrected chi connectivity index (χ2v) is 4.80. The minimum Gasteiger partial charge on any atom is -0.491 e. The predicted octanol–water partition coefficient (Wildman–Crippen LogP) is 1.65. The van der Waals surface area contributed by atoms with E-state index < -0.39 is 6.10 Å². The number of aliphatic hydroxyl groups excluding tert-OH is 1. The quantitative estimate of drug-likeness (QED) is 0.778. The molecule has 20 heavy (non-hydrogen) atoms. The molecule has 1 aromatic rings. The molecule has 1 aromatic carbocycles. The first-order valence-electron chi connectivity index (χ1n) is 6.64. The van der Waals surface area contributed by atoms with Gasteiger partial charge in [-0.05, 0) is 37.1 Å². The largest absolute Gasteiger partial charge is 0.491 e. The zero-order valence-corrected chi connectivity index (χ0v) is 11.1. The van der Waals surface area contributed by atoms with Crippen LogP contribution in [0.4, 0.5) is 4.39 Å². The molecule has 2 rings (SSSR count). The van der Waals surface area contributed by atoms with Crippen LogP contribution in [0.25, 0.3) is 0 Å². The van der Waals surface area contributed by atoms with Crippen LogP contribution < -0.4 is 10.1 Å². The monoisotopic (exact) mass is 279 g/mol. The van der Waals surface area contributed by atoms with E-state index in [1.54, 1.807) is 0 Å². The lowest BCUT2D eigenvalue weighted by atomic mass is 10.1. The number of hydrogen-bond donors (Lipinski definition) is 2. The van der Waals surface area contributed by atoms with Crippen LogP contribution >= 0.6 is 0 Å². The standard InChI is InChI=1S/C15H18FNO3/c16-12-5-7-14(8-6-12)20-10-13(18)9-17-15(19)11-3-1-2-4-11/h1-2,5-8,11,13,18H,3-4,9-10H2,(H,17,19). The fraction of sp³-hybridized carbons (Fsp3) is 0.400. The maximum absolute atomic E-state index is 12.7. The van der Waals surface area contributed by atoms with E-state index in [-0.39, 0.29) is 30.8 Å². The van der Waals surface area contributed by atoms with Crippen molar-refractivity contribution in [1.82, 2.24) is 5.32 Å². The second kappa shape index (κ2) is 7.05.